The first kappa shape index (κ1) is 9.63. The lowest BCUT2D eigenvalue weighted by Gasteiger charge is -2.02. The van der Waals surface area contributed by atoms with Crippen LogP contribution in [-0.2, 0) is 0 Å². The van der Waals surface area contributed by atoms with Crippen LogP contribution in [0, 0.1) is 11.3 Å². The van der Waals surface area contributed by atoms with Gasteiger partial charge >= 0.3 is 0 Å². The largest absolute Gasteiger partial charge is 0.232 e. The van der Waals surface area contributed by atoms with Gasteiger partial charge in [-0.2, -0.15) is 5.26 Å². The van der Waals surface area contributed by atoms with Crippen molar-refractivity contribution >= 4 is 11.6 Å². The van der Waals surface area contributed by atoms with E-state index in [0.717, 1.165) is 5.56 Å². The molecule has 0 saturated carbocycles. The van der Waals surface area contributed by atoms with Gasteiger partial charge < -0.3 is 0 Å². The molecule has 2 aromatic rings. The Morgan fingerprint density at radius 2 is 1.93 bits per heavy atom. The number of hydrogen-bond acceptors (Lipinski definition) is 3. The molecule has 72 valence electrons. The SMILES string of the molecule is N#Cc1ncc(Cl)c(-c2ccccc2)n1. The van der Waals surface area contributed by atoms with Crippen LogP contribution in [0.1, 0.15) is 5.82 Å². The van der Waals surface area contributed by atoms with E-state index in [1.165, 1.54) is 6.20 Å². The van der Waals surface area contributed by atoms with Crippen LogP contribution in [0.5, 0.6) is 0 Å². The fourth-order valence-corrected chi connectivity index (χ4v) is 1.42. The highest BCUT2D eigenvalue weighted by atomic mass is 35.5. The quantitative estimate of drug-likeness (QED) is 0.735. The van der Waals surface area contributed by atoms with Gasteiger partial charge in [0.05, 0.1) is 16.9 Å². The molecule has 0 saturated heterocycles. The van der Waals surface area contributed by atoms with Gasteiger partial charge in [0.15, 0.2) is 0 Å². The molecule has 0 N–H and O–H groups in total. The molecule has 1 aromatic heterocycles. The van der Waals surface area contributed by atoms with Crippen molar-refractivity contribution in [3.8, 4) is 17.3 Å². The van der Waals surface area contributed by atoms with Crippen molar-refractivity contribution < 1.29 is 0 Å². The second kappa shape index (κ2) is 4.07. The molecule has 1 heterocycles. The average molecular weight is 216 g/mol. The molecule has 1 aromatic carbocycles. The molecule has 4 heteroatoms. The Balaban J connectivity index is 2.58. The van der Waals surface area contributed by atoms with Crippen LogP contribution in [0.15, 0.2) is 36.5 Å². The van der Waals surface area contributed by atoms with Crippen LogP contribution in [0.4, 0.5) is 0 Å². The zero-order valence-electron chi connectivity index (χ0n) is 7.68. The van der Waals surface area contributed by atoms with Crippen LogP contribution in [-0.4, -0.2) is 9.97 Å². The van der Waals surface area contributed by atoms with Crippen LogP contribution >= 0.6 is 11.6 Å². The highest BCUT2D eigenvalue weighted by Crippen LogP contribution is 2.24. The van der Waals surface area contributed by atoms with Crippen LogP contribution in [0.3, 0.4) is 0 Å². The topological polar surface area (TPSA) is 49.6 Å². The third-order valence-electron chi connectivity index (χ3n) is 1.89. The lowest BCUT2D eigenvalue weighted by molar-refractivity contribution is 1.12. The Labute approximate surface area is 92.0 Å². The van der Waals surface area contributed by atoms with Gasteiger partial charge in [-0.3, -0.25) is 0 Å². The first-order chi connectivity index (χ1) is 7.31. The van der Waals surface area contributed by atoms with Gasteiger partial charge in [-0.25, -0.2) is 9.97 Å². The first-order valence-corrected chi connectivity index (χ1v) is 4.67. The Bertz CT molecular complexity index is 517. The van der Waals surface area contributed by atoms with Crippen molar-refractivity contribution in [3.63, 3.8) is 0 Å². The maximum Gasteiger partial charge on any atom is 0.232 e. The molecule has 0 bridgehead atoms. The van der Waals surface area contributed by atoms with E-state index < -0.39 is 0 Å². The normalized spacial score (nSPS) is 9.60. The van der Waals surface area contributed by atoms with E-state index in [4.69, 9.17) is 16.9 Å². The van der Waals surface area contributed by atoms with Crippen LogP contribution in [0.2, 0.25) is 5.02 Å². The Morgan fingerprint density at radius 3 is 2.60 bits per heavy atom. The molecule has 0 aliphatic heterocycles. The molecule has 2 rings (SSSR count). The molecule has 0 atom stereocenters. The lowest BCUT2D eigenvalue weighted by atomic mass is 10.1. The fourth-order valence-electron chi connectivity index (χ4n) is 1.22. The van der Waals surface area contributed by atoms with Crippen molar-refractivity contribution in [3.05, 3.63) is 47.4 Å². The van der Waals surface area contributed by atoms with Gasteiger partial charge in [0.25, 0.3) is 0 Å². The van der Waals surface area contributed by atoms with Gasteiger partial charge in [-0.15, -0.1) is 0 Å². The maximum absolute atomic E-state index is 8.68. The molecule has 3 nitrogen and oxygen atoms in total. The number of nitriles is 1. The number of nitrogens with zero attached hydrogens (tertiary/aromatic N) is 3. The molecule has 0 radical (unpaired) electrons. The number of benzene rings is 1. The molecule has 0 spiro atoms. The Morgan fingerprint density at radius 1 is 1.20 bits per heavy atom. The van der Waals surface area contributed by atoms with E-state index in [2.05, 4.69) is 9.97 Å². The van der Waals surface area contributed by atoms with E-state index in [9.17, 15) is 0 Å². The summed E-state index contributed by atoms with van der Waals surface area (Å²) in [5.74, 6) is 0.123. The summed E-state index contributed by atoms with van der Waals surface area (Å²) in [5, 5.41) is 9.13. The summed E-state index contributed by atoms with van der Waals surface area (Å²) in [7, 11) is 0. The van der Waals surface area contributed by atoms with E-state index in [0.29, 0.717) is 10.7 Å². The van der Waals surface area contributed by atoms with E-state index in [-0.39, 0.29) is 5.82 Å². The smallest absolute Gasteiger partial charge is 0.226 e. The third kappa shape index (κ3) is 1.95. The molecule has 15 heavy (non-hydrogen) atoms. The summed E-state index contributed by atoms with van der Waals surface area (Å²) >= 11 is 5.95. The van der Waals surface area contributed by atoms with Crippen molar-refractivity contribution in [2.24, 2.45) is 0 Å². The van der Waals surface area contributed by atoms with Crippen LogP contribution in [0.25, 0.3) is 11.3 Å². The first-order valence-electron chi connectivity index (χ1n) is 4.29. The number of rotatable bonds is 1. The maximum atomic E-state index is 8.68. The van der Waals surface area contributed by atoms with E-state index >= 15 is 0 Å². The average Bonchev–Trinajstić information content (AvgIpc) is 2.31. The second-order valence-corrected chi connectivity index (χ2v) is 3.28. The summed E-state index contributed by atoms with van der Waals surface area (Å²) < 4.78 is 0. The highest BCUT2D eigenvalue weighted by molar-refractivity contribution is 6.32. The number of halogens is 1. The monoisotopic (exact) mass is 215 g/mol. The van der Waals surface area contributed by atoms with Gasteiger partial charge in [0.1, 0.15) is 6.07 Å². The minimum Gasteiger partial charge on any atom is -0.226 e. The summed E-state index contributed by atoms with van der Waals surface area (Å²) in [6.45, 7) is 0. The highest BCUT2D eigenvalue weighted by Gasteiger charge is 2.06. The minimum absolute atomic E-state index is 0.123. The van der Waals surface area contributed by atoms with Crippen molar-refractivity contribution in [2.75, 3.05) is 0 Å². The molecular weight excluding hydrogens is 210 g/mol. The molecular formula is C11H6ClN3. The molecule has 0 unspecified atom stereocenters. The van der Waals surface area contributed by atoms with Gasteiger partial charge in [0, 0.05) is 5.56 Å². The van der Waals surface area contributed by atoms with Gasteiger partial charge in [0.2, 0.25) is 5.82 Å². The second-order valence-electron chi connectivity index (χ2n) is 2.87. The van der Waals surface area contributed by atoms with Crippen molar-refractivity contribution in [2.45, 2.75) is 0 Å². The third-order valence-corrected chi connectivity index (χ3v) is 2.17. The molecule has 0 amide bonds. The zero-order chi connectivity index (χ0) is 10.7. The number of aromatic nitrogens is 2. The Kier molecular flexibility index (Phi) is 2.61. The molecule has 0 aliphatic rings. The standard InChI is InChI=1S/C11H6ClN3/c12-9-7-14-10(6-13)15-11(9)8-4-2-1-3-5-8/h1-5,7H. The lowest BCUT2D eigenvalue weighted by Crippen LogP contribution is -1.92. The predicted octanol–water partition coefficient (Wildman–Crippen LogP) is 2.67. The predicted molar refractivity (Wildman–Crippen MR) is 57.2 cm³/mol. The minimum atomic E-state index is 0.123. The Hall–Kier alpha value is -1.92. The van der Waals surface area contributed by atoms with Crippen LogP contribution < -0.4 is 0 Å². The summed E-state index contributed by atoms with van der Waals surface area (Å²) in [4.78, 5) is 7.84. The molecule has 0 fully saturated rings. The van der Waals surface area contributed by atoms with Crippen molar-refractivity contribution in [1.29, 1.82) is 5.26 Å². The number of hydrogen-bond donors (Lipinski definition) is 0. The molecule has 0 aliphatic carbocycles. The van der Waals surface area contributed by atoms with Gasteiger partial charge in [-0.1, -0.05) is 41.9 Å². The summed E-state index contributed by atoms with van der Waals surface area (Å²) in [6, 6.07) is 11.3. The van der Waals surface area contributed by atoms with Gasteiger partial charge in [-0.05, 0) is 0 Å². The zero-order valence-corrected chi connectivity index (χ0v) is 8.44. The van der Waals surface area contributed by atoms with E-state index in [1.54, 1.807) is 0 Å². The summed E-state index contributed by atoms with van der Waals surface area (Å²) in [5.41, 5.74) is 1.46. The van der Waals surface area contributed by atoms with Crippen molar-refractivity contribution in [1.82, 2.24) is 9.97 Å². The fraction of sp³-hybridized carbons (Fsp3) is 0. The van der Waals surface area contributed by atoms with E-state index in [1.807, 2.05) is 36.4 Å². The summed E-state index contributed by atoms with van der Waals surface area (Å²) in [6.07, 6.45) is 1.44.